The van der Waals surface area contributed by atoms with Crippen LogP contribution in [0.25, 0.3) is 0 Å². The number of nitrogens with two attached hydrogens (primary N) is 1. The minimum absolute atomic E-state index is 0.169. The molecule has 0 fully saturated rings. The molecule has 20 heavy (non-hydrogen) atoms. The molecule has 1 aromatic carbocycles. The van der Waals surface area contributed by atoms with Crippen molar-refractivity contribution in [3.63, 3.8) is 0 Å². The van der Waals surface area contributed by atoms with Gasteiger partial charge in [0, 0.05) is 25.8 Å². The molecule has 5 heteroatoms. The van der Waals surface area contributed by atoms with Crippen LogP contribution in [0.5, 0.6) is 5.75 Å². The van der Waals surface area contributed by atoms with Crippen molar-refractivity contribution in [1.82, 2.24) is 4.90 Å². The number of nitrogens with zero attached hydrogens (tertiary/aromatic N) is 1. The second-order valence-electron chi connectivity index (χ2n) is 4.38. The largest absolute Gasteiger partial charge is 0.496 e. The van der Waals surface area contributed by atoms with Crippen LogP contribution in [0.4, 0.5) is 0 Å². The molecule has 0 radical (unpaired) electrons. The standard InChI is InChI=1S/C15H22N2O3/c1-4-9-17(15(18)13(16)11-19-2)10-12-7-5-6-8-14(12)20-3/h4-8,13H,1,9-11,16H2,2-3H3/t13-/m0/s1. The van der Waals surface area contributed by atoms with Crippen molar-refractivity contribution in [2.24, 2.45) is 5.73 Å². The van der Waals surface area contributed by atoms with Gasteiger partial charge in [-0.3, -0.25) is 4.79 Å². The summed E-state index contributed by atoms with van der Waals surface area (Å²) in [5.74, 6) is 0.576. The molecule has 0 aliphatic carbocycles. The smallest absolute Gasteiger partial charge is 0.242 e. The van der Waals surface area contributed by atoms with Gasteiger partial charge in [-0.1, -0.05) is 24.3 Å². The van der Waals surface area contributed by atoms with E-state index in [-0.39, 0.29) is 12.5 Å². The lowest BCUT2D eigenvalue weighted by molar-refractivity contribution is -0.133. The number of carbonyl (C=O) groups excluding carboxylic acids is 1. The first-order chi connectivity index (χ1) is 9.63. The predicted molar refractivity (Wildman–Crippen MR) is 78.5 cm³/mol. The van der Waals surface area contributed by atoms with Gasteiger partial charge in [-0.15, -0.1) is 6.58 Å². The number of amides is 1. The van der Waals surface area contributed by atoms with Gasteiger partial charge >= 0.3 is 0 Å². The molecule has 0 heterocycles. The van der Waals surface area contributed by atoms with Crippen LogP contribution in [0, 0.1) is 0 Å². The molecule has 0 aliphatic heterocycles. The van der Waals surface area contributed by atoms with E-state index in [1.165, 1.54) is 7.11 Å². The zero-order valence-electron chi connectivity index (χ0n) is 12.0. The van der Waals surface area contributed by atoms with E-state index in [0.717, 1.165) is 11.3 Å². The van der Waals surface area contributed by atoms with E-state index in [1.807, 2.05) is 24.3 Å². The Labute approximate surface area is 120 Å². The second-order valence-corrected chi connectivity index (χ2v) is 4.38. The molecule has 1 atom stereocenters. The molecule has 1 amide bonds. The van der Waals surface area contributed by atoms with Crippen molar-refractivity contribution in [3.8, 4) is 5.75 Å². The fourth-order valence-corrected chi connectivity index (χ4v) is 1.91. The maximum atomic E-state index is 12.3. The number of para-hydroxylation sites is 1. The zero-order valence-corrected chi connectivity index (χ0v) is 12.0. The molecule has 2 N–H and O–H groups in total. The van der Waals surface area contributed by atoms with Crippen LogP contribution in [0.1, 0.15) is 5.56 Å². The SMILES string of the molecule is C=CCN(Cc1ccccc1OC)C(=O)[C@@H](N)COC. The van der Waals surface area contributed by atoms with Crippen LogP contribution in [0.2, 0.25) is 0 Å². The fourth-order valence-electron chi connectivity index (χ4n) is 1.91. The Morgan fingerprint density at radius 2 is 2.15 bits per heavy atom. The number of carbonyl (C=O) groups is 1. The van der Waals surface area contributed by atoms with E-state index in [9.17, 15) is 4.79 Å². The molecular weight excluding hydrogens is 256 g/mol. The molecule has 0 aliphatic rings. The summed E-state index contributed by atoms with van der Waals surface area (Å²) in [6, 6.07) is 6.90. The number of ether oxygens (including phenoxy) is 2. The van der Waals surface area contributed by atoms with Crippen molar-refractivity contribution in [2.75, 3.05) is 27.4 Å². The van der Waals surface area contributed by atoms with Gasteiger partial charge in [0.05, 0.1) is 13.7 Å². The summed E-state index contributed by atoms with van der Waals surface area (Å²) in [5.41, 5.74) is 6.73. The highest BCUT2D eigenvalue weighted by molar-refractivity contribution is 5.82. The first-order valence-electron chi connectivity index (χ1n) is 6.40. The first-order valence-corrected chi connectivity index (χ1v) is 6.40. The third-order valence-electron chi connectivity index (χ3n) is 2.88. The normalized spacial score (nSPS) is 11.8. The lowest BCUT2D eigenvalue weighted by Gasteiger charge is -2.25. The Bertz CT molecular complexity index is 448. The van der Waals surface area contributed by atoms with Crippen LogP contribution >= 0.6 is 0 Å². The van der Waals surface area contributed by atoms with Crippen LogP contribution in [-0.2, 0) is 16.1 Å². The fraction of sp³-hybridized carbons (Fsp3) is 0.400. The molecule has 0 saturated carbocycles. The number of hydrogen-bond acceptors (Lipinski definition) is 4. The third kappa shape index (κ3) is 4.36. The highest BCUT2D eigenvalue weighted by atomic mass is 16.5. The minimum Gasteiger partial charge on any atom is -0.496 e. The molecule has 0 aromatic heterocycles. The van der Waals surface area contributed by atoms with Gasteiger partial charge in [0.1, 0.15) is 11.8 Å². The van der Waals surface area contributed by atoms with Gasteiger partial charge in [0.2, 0.25) is 5.91 Å². The average Bonchev–Trinajstić information content (AvgIpc) is 2.46. The summed E-state index contributed by atoms with van der Waals surface area (Å²) < 4.78 is 10.2. The molecule has 1 rings (SSSR count). The van der Waals surface area contributed by atoms with Gasteiger partial charge in [0.25, 0.3) is 0 Å². The van der Waals surface area contributed by atoms with E-state index in [0.29, 0.717) is 13.1 Å². The van der Waals surface area contributed by atoms with E-state index in [2.05, 4.69) is 6.58 Å². The highest BCUT2D eigenvalue weighted by Gasteiger charge is 2.21. The first kappa shape index (κ1) is 16.2. The topological polar surface area (TPSA) is 64.8 Å². The summed E-state index contributed by atoms with van der Waals surface area (Å²) in [6.07, 6.45) is 1.67. The Morgan fingerprint density at radius 3 is 2.75 bits per heavy atom. The number of benzene rings is 1. The Morgan fingerprint density at radius 1 is 1.45 bits per heavy atom. The monoisotopic (exact) mass is 278 g/mol. The number of hydrogen-bond donors (Lipinski definition) is 1. The summed E-state index contributed by atoms with van der Waals surface area (Å²) in [7, 11) is 3.13. The van der Waals surface area contributed by atoms with Gasteiger partial charge in [0.15, 0.2) is 0 Å². The maximum Gasteiger partial charge on any atom is 0.242 e. The molecule has 0 unspecified atom stereocenters. The lowest BCUT2D eigenvalue weighted by Crippen LogP contribution is -2.45. The van der Waals surface area contributed by atoms with E-state index in [1.54, 1.807) is 18.1 Å². The molecule has 110 valence electrons. The van der Waals surface area contributed by atoms with E-state index < -0.39 is 6.04 Å². The summed E-state index contributed by atoms with van der Waals surface area (Å²) in [4.78, 5) is 13.9. The molecule has 0 spiro atoms. The number of methoxy groups -OCH3 is 2. The van der Waals surface area contributed by atoms with Crippen LogP contribution in [0.15, 0.2) is 36.9 Å². The van der Waals surface area contributed by atoms with E-state index in [4.69, 9.17) is 15.2 Å². The van der Waals surface area contributed by atoms with Gasteiger partial charge in [-0.25, -0.2) is 0 Å². The average molecular weight is 278 g/mol. The van der Waals surface area contributed by atoms with Crippen molar-refractivity contribution in [2.45, 2.75) is 12.6 Å². The van der Waals surface area contributed by atoms with E-state index >= 15 is 0 Å². The number of rotatable bonds is 8. The van der Waals surface area contributed by atoms with Crippen molar-refractivity contribution in [3.05, 3.63) is 42.5 Å². The van der Waals surface area contributed by atoms with Crippen molar-refractivity contribution >= 4 is 5.91 Å². The van der Waals surface area contributed by atoms with Gasteiger partial charge in [-0.2, -0.15) is 0 Å². The maximum absolute atomic E-state index is 12.3. The highest BCUT2D eigenvalue weighted by Crippen LogP contribution is 2.19. The Hall–Kier alpha value is -1.85. The molecular formula is C15H22N2O3. The van der Waals surface area contributed by atoms with Crippen LogP contribution < -0.4 is 10.5 Å². The lowest BCUT2D eigenvalue weighted by atomic mass is 10.1. The van der Waals surface area contributed by atoms with Gasteiger partial charge in [-0.05, 0) is 6.07 Å². The van der Waals surface area contributed by atoms with Crippen molar-refractivity contribution in [1.29, 1.82) is 0 Å². The Balaban J connectivity index is 2.86. The molecule has 0 bridgehead atoms. The summed E-state index contributed by atoms with van der Waals surface area (Å²) in [6.45, 7) is 4.72. The molecule has 1 aromatic rings. The summed E-state index contributed by atoms with van der Waals surface area (Å²) in [5, 5.41) is 0. The van der Waals surface area contributed by atoms with Gasteiger partial charge < -0.3 is 20.1 Å². The quantitative estimate of drug-likeness (QED) is 0.725. The van der Waals surface area contributed by atoms with Crippen molar-refractivity contribution < 1.29 is 14.3 Å². The third-order valence-corrected chi connectivity index (χ3v) is 2.88. The Kier molecular flexibility index (Phi) is 6.76. The minimum atomic E-state index is -0.672. The van der Waals surface area contributed by atoms with Crippen LogP contribution in [-0.4, -0.2) is 44.2 Å². The predicted octanol–water partition coefficient (Wildman–Crippen LogP) is 1.18. The molecule has 5 nitrogen and oxygen atoms in total. The molecule has 0 saturated heterocycles. The second kappa shape index (κ2) is 8.35. The summed E-state index contributed by atoms with van der Waals surface area (Å²) >= 11 is 0. The van der Waals surface area contributed by atoms with Crippen LogP contribution in [0.3, 0.4) is 0 Å². The zero-order chi connectivity index (χ0) is 15.0.